The molecule has 2 aromatic carbocycles. The summed E-state index contributed by atoms with van der Waals surface area (Å²) >= 11 is 24.4. The molecule has 0 radical (unpaired) electrons. The number of nitriles is 1. The lowest BCUT2D eigenvalue weighted by Crippen LogP contribution is -2.35. The van der Waals surface area contributed by atoms with Crippen LogP contribution in [0.1, 0.15) is 34.7 Å². The first-order chi connectivity index (χ1) is 14.6. The van der Waals surface area contributed by atoms with E-state index in [1.807, 2.05) is 0 Å². The predicted octanol–water partition coefficient (Wildman–Crippen LogP) is 5.44. The molecule has 0 aliphatic heterocycles. The van der Waals surface area contributed by atoms with Gasteiger partial charge in [-0.2, -0.15) is 5.26 Å². The van der Waals surface area contributed by atoms with Crippen LogP contribution in [0, 0.1) is 23.1 Å². The molecular formula is C21H14Cl4FN3O2. The number of nitrogens with one attached hydrogen (secondary N) is 2. The van der Waals surface area contributed by atoms with Gasteiger partial charge in [-0.1, -0.05) is 29.3 Å². The molecule has 2 aliphatic rings. The third-order valence-corrected chi connectivity index (χ3v) is 7.01. The van der Waals surface area contributed by atoms with Crippen LogP contribution in [-0.4, -0.2) is 21.7 Å². The standard InChI is InChI=1S/C21H14Cl4FN3O2/c22-13-4-2-11(8-12(13)18(30)29-20(9-27)5-6-20)28-19(31)17-16(21(17,24)25)10-1-3-14(23)15(26)7-10/h1-4,7-8,16-17H,5-6H2,(H,28,31)(H,29,30)/t16-,17+/m0/s1. The van der Waals surface area contributed by atoms with E-state index in [0.29, 0.717) is 24.1 Å². The van der Waals surface area contributed by atoms with E-state index in [-0.39, 0.29) is 15.6 Å². The molecule has 2 aliphatic carbocycles. The van der Waals surface area contributed by atoms with Crippen LogP contribution in [0.25, 0.3) is 0 Å². The van der Waals surface area contributed by atoms with Crippen LogP contribution in [0.3, 0.4) is 0 Å². The fourth-order valence-corrected chi connectivity index (χ4v) is 4.59. The van der Waals surface area contributed by atoms with Gasteiger partial charge in [-0.15, -0.1) is 23.2 Å². The van der Waals surface area contributed by atoms with Crippen LogP contribution < -0.4 is 10.6 Å². The van der Waals surface area contributed by atoms with E-state index in [4.69, 9.17) is 51.7 Å². The summed E-state index contributed by atoms with van der Waals surface area (Å²) in [5.74, 6) is -3.09. The molecule has 2 fully saturated rings. The number of carbonyl (C=O) groups is 2. The summed E-state index contributed by atoms with van der Waals surface area (Å²) < 4.78 is 12.4. The molecule has 0 heterocycles. The van der Waals surface area contributed by atoms with Crippen LogP contribution in [0.4, 0.5) is 10.1 Å². The van der Waals surface area contributed by atoms with Crippen molar-refractivity contribution in [2.45, 2.75) is 28.6 Å². The van der Waals surface area contributed by atoms with Crippen molar-refractivity contribution in [1.29, 1.82) is 5.26 Å². The minimum absolute atomic E-state index is 0.0449. The number of halogens is 5. The minimum atomic E-state index is -1.41. The molecule has 0 spiro atoms. The van der Waals surface area contributed by atoms with Gasteiger partial charge in [0, 0.05) is 11.6 Å². The lowest BCUT2D eigenvalue weighted by atomic mass is 10.1. The Morgan fingerprint density at radius 1 is 1.10 bits per heavy atom. The average Bonchev–Trinajstić information content (AvgIpc) is 3.60. The van der Waals surface area contributed by atoms with E-state index in [0.717, 1.165) is 0 Å². The Morgan fingerprint density at radius 3 is 2.39 bits per heavy atom. The van der Waals surface area contributed by atoms with Gasteiger partial charge in [0.25, 0.3) is 5.91 Å². The van der Waals surface area contributed by atoms with Gasteiger partial charge >= 0.3 is 0 Å². The molecule has 2 amide bonds. The smallest absolute Gasteiger partial charge is 0.254 e. The zero-order chi connectivity index (χ0) is 22.6. The van der Waals surface area contributed by atoms with Gasteiger partial charge in [-0.3, -0.25) is 9.59 Å². The van der Waals surface area contributed by atoms with Gasteiger partial charge in [0.05, 0.1) is 27.6 Å². The van der Waals surface area contributed by atoms with Crippen molar-refractivity contribution in [1.82, 2.24) is 5.32 Å². The molecule has 2 aromatic rings. The van der Waals surface area contributed by atoms with Gasteiger partial charge in [-0.05, 0) is 48.7 Å². The molecular weight excluding hydrogens is 487 g/mol. The fraction of sp³-hybridized carbons (Fsp3) is 0.286. The van der Waals surface area contributed by atoms with Crippen molar-refractivity contribution in [2.24, 2.45) is 5.92 Å². The molecule has 2 saturated carbocycles. The summed E-state index contributed by atoms with van der Waals surface area (Å²) in [6.45, 7) is 0. The Morgan fingerprint density at radius 2 is 1.77 bits per heavy atom. The number of hydrogen-bond donors (Lipinski definition) is 2. The number of rotatable bonds is 5. The lowest BCUT2D eigenvalue weighted by Gasteiger charge is -2.12. The molecule has 5 nitrogen and oxygen atoms in total. The number of hydrogen-bond acceptors (Lipinski definition) is 3. The highest BCUT2D eigenvalue weighted by Gasteiger charge is 2.67. The second-order valence-electron chi connectivity index (χ2n) is 7.64. The van der Waals surface area contributed by atoms with Crippen LogP contribution in [-0.2, 0) is 4.79 Å². The first kappa shape index (κ1) is 22.2. The molecule has 0 saturated heterocycles. The van der Waals surface area contributed by atoms with Crippen molar-refractivity contribution in [3.05, 3.63) is 63.4 Å². The van der Waals surface area contributed by atoms with Crippen LogP contribution in [0.15, 0.2) is 36.4 Å². The highest BCUT2D eigenvalue weighted by atomic mass is 35.5. The number of alkyl halides is 2. The Hall–Kier alpha value is -2.04. The van der Waals surface area contributed by atoms with Crippen molar-refractivity contribution in [3.63, 3.8) is 0 Å². The Bertz CT molecular complexity index is 1140. The molecule has 0 aromatic heterocycles. The second-order valence-corrected chi connectivity index (χ2v) is 9.89. The quantitative estimate of drug-likeness (QED) is 0.536. The van der Waals surface area contributed by atoms with Crippen molar-refractivity contribution >= 4 is 63.9 Å². The molecule has 0 bridgehead atoms. The summed E-state index contributed by atoms with van der Waals surface area (Å²) in [6.07, 6.45) is 1.15. The van der Waals surface area contributed by atoms with E-state index < -0.39 is 39.3 Å². The summed E-state index contributed by atoms with van der Waals surface area (Å²) in [6, 6.07) is 10.6. The second kappa shape index (κ2) is 7.83. The summed E-state index contributed by atoms with van der Waals surface area (Å²) in [5, 5.41) is 14.6. The lowest BCUT2D eigenvalue weighted by molar-refractivity contribution is -0.117. The number of amides is 2. The van der Waals surface area contributed by atoms with E-state index in [2.05, 4.69) is 16.7 Å². The third-order valence-electron chi connectivity index (χ3n) is 5.43. The first-order valence-electron chi connectivity index (χ1n) is 9.25. The van der Waals surface area contributed by atoms with Crippen molar-refractivity contribution in [2.75, 3.05) is 5.32 Å². The normalized spacial score (nSPS) is 22.2. The molecule has 160 valence electrons. The SMILES string of the molecule is N#CC1(NC(=O)c2cc(NC(=O)[C@H]3[C@H](c4ccc(Cl)c(F)c4)C3(Cl)Cl)ccc2Cl)CC1. The van der Waals surface area contributed by atoms with Gasteiger partial charge in [-0.25, -0.2) is 4.39 Å². The average molecular weight is 501 g/mol. The Kier molecular flexibility index (Phi) is 5.60. The summed E-state index contributed by atoms with van der Waals surface area (Å²) in [5.41, 5.74) is 0.0232. The van der Waals surface area contributed by atoms with Gasteiger partial charge in [0.2, 0.25) is 5.91 Å². The summed E-state index contributed by atoms with van der Waals surface area (Å²) in [4.78, 5) is 25.3. The van der Waals surface area contributed by atoms with Crippen LogP contribution >= 0.6 is 46.4 Å². The zero-order valence-electron chi connectivity index (χ0n) is 15.7. The minimum Gasteiger partial charge on any atom is -0.334 e. The predicted molar refractivity (Wildman–Crippen MR) is 117 cm³/mol. The van der Waals surface area contributed by atoms with E-state index in [1.165, 1.54) is 30.3 Å². The molecule has 10 heteroatoms. The maximum atomic E-state index is 13.8. The van der Waals surface area contributed by atoms with Crippen LogP contribution in [0.2, 0.25) is 10.0 Å². The van der Waals surface area contributed by atoms with E-state index in [1.54, 1.807) is 6.07 Å². The first-order valence-corrected chi connectivity index (χ1v) is 10.8. The van der Waals surface area contributed by atoms with Gasteiger partial charge in [0.1, 0.15) is 15.7 Å². The van der Waals surface area contributed by atoms with E-state index in [9.17, 15) is 14.0 Å². The third kappa shape index (κ3) is 4.20. The largest absolute Gasteiger partial charge is 0.334 e. The molecule has 31 heavy (non-hydrogen) atoms. The molecule has 0 unspecified atom stereocenters. The highest BCUT2D eigenvalue weighted by molar-refractivity contribution is 6.53. The number of nitrogens with zero attached hydrogens (tertiary/aromatic N) is 1. The Labute approximate surface area is 197 Å². The monoisotopic (exact) mass is 499 g/mol. The maximum Gasteiger partial charge on any atom is 0.254 e. The maximum absolute atomic E-state index is 13.8. The van der Waals surface area contributed by atoms with Crippen molar-refractivity contribution in [3.8, 4) is 6.07 Å². The zero-order valence-corrected chi connectivity index (χ0v) is 18.7. The highest BCUT2D eigenvalue weighted by Crippen LogP contribution is 2.65. The van der Waals surface area contributed by atoms with Gasteiger partial charge < -0.3 is 10.6 Å². The molecule has 2 N–H and O–H groups in total. The number of anilines is 1. The topological polar surface area (TPSA) is 82.0 Å². The van der Waals surface area contributed by atoms with Crippen LogP contribution in [0.5, 0.6) is 0 Å². The van der Waals surface area contributed by atoms with Crippen molar-refractivity contribution < 1.29 is 14.0 Å². The number of benzene rings is 2. The van der Waals surface area contributed by atoms with Gasteiger partial charge in [0.15, 0.2) is 0 Å². The fourth-order valence-electron chi connectivity index (χ4n) is 3.44. The Balaban J connectivity index is 1.50. The molecule has 4 rings (SSSR count). The van der Waals surface area contributed by atoms with E-state index >= 15 is 0 Å². The summed E-state index contributed by atoms with van der Waals surface area (Å²) in [7, 11) is 0. The molecule has 2 atom stereocenters. The number of carbonyl (C=O) groups excluding carboxylic acids is 2.